The van der Waals surface area contributed by atoms with Gasteiger partial charge in [-0.3, -0.25) is 4.79 Å². The molecule has 6 heteroatoms. The minimum absolute atomic E-state index is 0.251. The number of amides is 1. The zero-order chi connectivity index (χ0) is 18.2. The van der Waals surface area contributed by atoms with E-state index in [1.54, 1.807) is 25.1 Å². The van der Waals surface area contributed by atoms with E-state index in [1.807, 2.05) is 6.92 Å². The van der Waals surface area contributed by atoms with Gasteiger partial charge >= 0.3 is 5.97 Å². The van der Waals surface area contributed by atoms with Gasteiger partial charge in [-0.2, -0.15) is 0 Å². The number of benzene rings is 1. The molecule has 0 saturated carbocycles. The average Bonchev–Trinajstić information content (AvgIpc) is 2.60. The first kappa shape index (κ1) is 20.0. The summed E-state index contributed by atoms with van der Waals surface area (Å²) in [6, 6.07) is 4.87. The second-order valence-electron chi connectivity index (χ2n) is 5.63. The van der Waals surface area contributed by atoms with Crippen LogP contribution in [-0.4, -0.2) is 38.3 Å². The first-order valence-electron chi connectivity index (χ1n) is 8.13. The molecule has 0 unspecified atom stereocenters. The molecule has 0 fully saturated rings. The molecule has 0 saturated heterocycles. The molecule has 0 radical (unpaired) electrons. The molecule has 0 aliphatic rings. The SMILES string of the molecule is CCCC[C@](C)(OC)C(=O)Nc1ccc(OCC)c(C(=O)OC)c1. The summed E-state index contributed by atoms with van der Waals surface area (Å²) >= 11 is 0. The molecule has 0 heterocycles. The molecule has 0 aliphatic carbocycles. The van der Waals surface area contributed by atoms with Crippen molar-refractivity contribution < 1.29 is 23.8 Å². The van der Waals surface area contributed by atoms with Crippen LogP contribution in [-0.2, 0) is 14.3 Å². The number of carbonyl (C=O) groups is 2. The predicted molar refractivity (Wildman–Crippen MR) is 92.5 cm³/mol. The molecule has 1 N–H and O–H groups in total. The van der Waals surface area contributed by atoms with E-state index in [0.29, 0.717) is 24.5 Å². The van der Waals surface area contributed by atoms with Gasteiger partial charge in [0.15, 0.2) is 0 Å². The molecule has 0 aromatic heterocycles. The van der Waals surface area contributed by atoms with Gasteiger partial charge in [-0.05, 0) is 38.5 Å². The van der Waals surface area contributed by atoms with E-state index in [1.165, 1.54) is 14.2 Å². The van der Waals surface area contributed by atoms with Crippen molar-refractivity contribution in [3.63, 3.8) is 0 Å². The van der Waals surface area contributed by atoms with E-state index in [-0.39, 0.29) is 11.5 Å². The Balaban J connectivity index is 3.01. The molecule has 1 aromatic carbocycles. The van der Waals surface area contributed by atoms with Crippen molar-refractivity contribution in [2.75, 3.05) is 26.1 Å². The lowest BCUT2D eigenvalue weighted by atomic mass is 9.97. The van der Waals surface area contributed by atoms with Gasteiger partial charge < -0.3 is 19.5 Å². The van der Waals surface area contributed by atoms with Gasteiger partial charge in [-0.25, -0.2) is 4.79 Å². The summed E-state index contributed by atoms with van der Waals surface area (Å²) in [4.78, 5) is 24.5. The summed E-state index contributed by atoms with van der Waals surface area (Å²) in [7, 11) is 2.82. The highest BCUT2D eigenvalue weighted by Gasteiger charge is 2.32. The summed E-state index contributed by atoms with van der Waals surface area (Å²) < 4.78 is 15.6. The van der Waals surface area contributed by atoms with E-state index >= 15 is 0 Å². The van der Waals surface area contributed by atoms with Crippen molar-refractivity contribution in [1.29, 1.82) is 0 Å². The van der Waals surface area contributed by atoms with Gasteiger partial charge in [0.05, 0.1) is 13.7 Å². The molecule has 0 aliphatic heterocycles. The summed E-state index contributed by atoms with van der Waals surface area (Å²) in [6.45, 7) is 6.07. The van der Waals surface area contributed by atoms with Crippen molar-refractivity contribution in [3.8, 4) is 5.75 Å². The van der Waals surface area contributed by atoms with Crippen LogP contribution in [0.1, 0.15) is 50.4 Å². The van der Waals surface area contributed by atoms with Crippen LogP contribution >= 0.6 is 0 Å². The van der Waals surface area contributed by atoms with Crippen molar-refractivity contribution in [3.05, 3.63) is 23.8 Å². The van der Waals surface area contributed by atoms with E-state index in [0.717, 1.165) is 12.8 Å². The Bertz CT molecular complexity index is 573. The lowest BCUT2D eigenvalue weighted by Crippen LogP contribution is -2.41. The zero-order valence-corrected chi connectivity index (χ0v) is 15.1. The Labute approximate surface area is 143 Å². The van der Waals surface area contributed by atoms with Crippen LogP contribution in [0.2, 0.25) is 0 Å². The number of hydrogen-bond acceptors (Lipinski definition) is 5. The number of unbranched alkanes of at least 4 members (excludes halogenated alkanes) is 1. The second kappa shape index (κ2) is 9.27. The molecule has 24 heavy (non-hydrogen) atoms. The van der Waals surface area contributed by atoms with Gasteiger partial charge in [0, 0.05) is 12.8 Å². The quantitative estimate of drug-likeness (QED) is 0.699. The maximum Gasteiger partial charge on any atom is 0.341 e. The number of carbonyl (C=O) groups excluding carboxylic acids is 2. The number of nitrogens with one attached hydrogen (secondary N) is 1. The zero-order valence-electron chi connectivity index (χ0n) is 15.1. The Hall–Kier alpha value is -2.08. The number of rotatable bonds is 9. The lowest BCUT2D eigenvalue weighted by Gasteiger charge is -2.27. The summed E-state index contributed by atoms with van der Waals surface area (Å²) in [5.41, 5.74) is -0.159. The highest BCUT2D eigenvalue weighted by atomic mass is 16.5. The highest BCUT2D eigenvalue weighted by Crippen LogP contribution is 2.26. The minimum Gasteiger partial charge on any atom is -0.493 e. The van der Waals surface area contributed by atoms with E-state index in [2.05, 4.69) is 12.2 Å². The molecule has 1 atom stereocenters. The van der Waals surface area contributed by atoms with Crippen molar-refractivity contribution in [1.82, 2.24) is 0 Å². The molecule has 0 bridgehead atoms. The Morgan fingerprint density at radius 3 is 2.46 bits per heavy atom. The number of ether oxygens (including phenoxy) is 3. The van der Waals surface area contributed by atoms with Crippen molar-refractivity contribution >= 4 is 17.6 Å². The Kier molecular flexibility index (Phi) is 7.71. The third-order valence-corrected chi connectivity index (χ3v) is 3.88. The third-order valence-electron chi connectivity index (χ3n) is 3.88. The maximum atomic E-state index is 12.5. The topological polar surface area (TPSA) is 73.9 Å². The summed E-state index contributed by atoms with van der Waals surface area (Å²) in [6.07, 6.45) is 2.48. The average molecular weight is 337 g/mol. The van der Waals surface area contributed by atoms with Gasteiger partial charge in [0.2, 0.25) is 0 Å². The first-order chi connectivity index (χ1) is 11.4. The van der Waals surface area contributed by atoms with E-state index < -0.39 is 11.6 Å². The molecule has 1 rings (SSSR count). The molecule has 1 aromatic rings. The van der Waals surface area contributed by atoms with E-state index in [9.17, 15) is 9.59 Å². The highest BCUT2D eigenvalue weighted by molar-refractivity contribution is 5.99. The fourth-order valence-electron chi connectivity index (χ4n) is 2.24. The van der Waals surface area contributed by atoms with Crippen LogP contribution < -0.4 is 10.1 Å². The monoisotopic (exact) mass is 337 g/mol. The fraction of sp³-hybridized carbons (Fsp3) is 0.556. The van der Waals surface area contributed by atoms with Gasteiger partial charge in [0.25, 0.3) is 5.91 Å². The number of anilines is 1. The molecule has 6 nitrogen and oxygen atoms in total. The van der Waals surface area contributed by atoms with Crippen molar-refractivity contribution in [2.45, 2.75) is 45.6 Å². The fourth-order valence-corrected chi connectivity index (χ4v) is 2.24. The normalized spacial score (nSPS) is 13.0. The van der Waals surface area contributed by atoms with Gasteiger partial charge in [-0.15, -0.1) is 0 Å². The first-order valence-corrected chi connectivity index (χ1v) is 8.13. The minimum atomic E-state index is -0.917. The Morgan fingerprint density at radius 1 is 1.21 bits per heavy atom. The maximum absolute atomic E-state index is 12.5. The van der Waals surface area contributed by atoms with Crippen LogP contribution in [0.3, 0.4) is 0 Å². The van der Waals surface area contributed by atoms with Crippen LogP contribution in [0, 0.1) is 0 Å². The molecular formula is C18H27NO5. The number of hydrogen-bond donors (Lipinski definition) is 1. The molecule has 1 amide bonds. The number of methoxy groups -OCH3 is 2. The van der Waals surface area contributed by atoms with Crippen LogP contribution in [0.25, 0.3) is 0 Å². The van der Waals surface area contributed by atoms with Gasteiger partial charge in [-0.1, -0.05) is 19.8 Å². The lowest BCUT2D eigenvalue weighted by molar-refractivity contribution is -0.136. The molecule has 134 valence electrons. The predicted octanol–water partition coefficient (Wildman–Crippen LogP) is 3.41. The summed E-state index contributed by atoms with van der Waals surface area (Å²) in [5.74, 6) is -0.351. The van der Waals surface area contributed by atoms with Gasteiger partial charge in [0.1, 0.15) is 16.9 Å². The summed E-state index contributed by atoms with van der Waals surface area (Å²) in [5, 5.41) is 2.80. The number of esters is 1. The second-order valence-corrected chi connectivity index (χ2v) is 5.63. The Morgan fingerprint density at radius 2 is 1.92 bits per heavy atom. The third kappa shape index (κ3) is 4.96. The van der Waals surface area contributed by atoms with Crippen LogP contribution in [0.15, 0.2) is 18.2 Å². The van der Waals surface area contributed by atoms with Crippen molar-refractivity contribution in [2.24, 2.45) is 0 Å². The molecule has 0 spiro atoms. The largest absolute Gasteiger partial charge is 0.493 e. The van der Waals surface area contributed by atoms with E-state index in [4.69, 9.17) is 14.2 Å². The van der Waals surface area contributed by atoms with Crippen LogP contribution in [0.5, 0.6) is 5.75 Å². The molecular weight excluding hydrogens is 310 g/mol. The standard InChI is InChI=1S/C18H27NO5/c1-6-8-11-18(3,23-5)17(21)19-13-9-10-15(24-7-2)14(12-13)16(20)22-4/h9-10,12H,6-8,11H2,1-5H3,(H,19,21)/t18-/m0/s1. The smallest absolute Gasteiger partial charge is 0.341 e. The van der Waals surface area contributed by atoms with Crippen LogP contribution in [0.4, 0.5) is 5.69 Å².